The molecule has 1 heterocycles. The summed E-state index contributed by atoms with van der Waals surface area (Å²) >= 11 is 6.57. The van der Waals surface area contributed by atoms with Crippen LogP contribution in [0.15, 0.2) is 60.7 Å². The van der Waals surface area contributed by atoms with Gasteiger partial charge in [-0.3, -0.25) is 0 Å². The normalized spacial score (nSPS) is 15.4. The predicted molar refractivity (Wildman–Crippen MR) is 84.5 cm³/mol. The predicted octanol–water partition coefficient (Wildman–Crippen LogP) is 3.96. The van der Waals surface area contributed by atoms with E-state index >= 15 is 0 Å². The Morgan fingerprint density at radius 3 is 1.47 bits per heavy atom. The van der Waals surface area contributed by atoms with Gasteiger partial charge >= 0.3 is 0 Å². The van der Waals surface area contributed by atoms with Crippen LogP contribution in [0.2, 0.25) is 0 Å². The molecule has 100 valence electrons. The Labute approximate surface area is 125 Å². The van der Waals surface area contributed by atoms with E-state index in [2.05, 4.69) is 34.1 Å². The van der Waals surface area contributed by atoms with Crippen LogP contribution in [-0.4, -0.2) is 18.7 Å². The van der Waals surface area contributed by atoms with Crippen molar-refractivity contribution in [3.8, 4) is 0 Å². The van der Waals surface area contributed by atoms with Crippen molar-refractivity contribution in [2.45, 2.75) is 5.62 Å². The Balaban J connectivity index is 0.00000133. The Morgan fingerprint density at radius 2 is 1.11 bits per heavy atom. The van der Waals surface area contributed by atoms with E-state index < -0.39 is 0 Å². The minimum absolute atomic E-state index is 0. The van der Waals surface area contributed by atoms with Crippen LogP contribution in [0.25, 0.3) is 0 Å². The largest absolute Gasteiger partial charge is 0.337 e. The van der Waals surface area contributed by atoms with Gasteiger partial charge in [0.1, 0.15) is 0 Å². The summed E-state index contributed by atoms with van der Waals surface area (Å²) in [5.41, 5.74) is 2.24. The summed E-state index contributed by atoms with van der Waals surface area (Å²) in [6.07, 6.45) is 0. The van der Waals surface area contributed by atoms with Crippen LogP contribution < -0.4 is 9.80 Å². The van der Waals surface area contributed by atoms with Crippen LogP contribution in [0.5, 0.6) is 0 Å². The van der Waals surface area contributed by atoms with Gasteiger partial charge in [0.2, 0.25) is 0 Å². The lowest BCUT2D eigenvalue weighted by atomic mass is 10.3. The molecule has 0 bridgehead atoms. The summed E-state index contributed by atoms with van der Waals surface area (Å²) < 4.78 is 0. The van der Waals surface area contributed by atoms with Gasteiger partial charge in [0.25, 0.3) is 0 Å². The van der Waals surface area contributed by atoms with Crippen molar-refractivity contribution in [2.24, 2.45) is 0 Å². The lowest BCUT2D eigenvalue weighted by molar-refractivity contribution is 0.875. The van der Waals surface area contributed by atoms with Crippen LogP contribution >= 0.6 is 24.0 Å². The lowest BCUT2D eigenvalue weighted by Crippen LogP contribution is -2.33. The SMILES string of the molecule is Cl.ClC1N(c2ccccc2)CCN1c1ccccc1. The van der Waals surface area contributed by atoms with Gasteiger partial charge in [0.15, 0.2) is 5.62 Å². The standard InChI is InChI=1S/C15H15ClN2.ClH/c16-15-17(13-7-3-1-4-8-13)11-12-18(15)14-9-5-2-6-10-14;/h1-10,15H,11-12H2;1H. The third kappa shape index (κ3) is 2.80. The Morgan fingerprint density at radius 1 is 0.737 bits per heavy atom. The van der Waals surface area contributed by atoms with Crippen LogP contribution in [-0.2, 0) is 0 Å². The summed E-state index contributed by atoms with van der Waals surface area (Å²) in [5, 5.41) is 0. The van der Waals surface area contributed by atoms with Gasteiger partial charge in [-0.1, -0.05) is 48.0 Å². The number of rotatable bonds is 2. The molecule has 4 heteroatoms. The molecule has 1 aliphatic heterocycles. The van der Waals surface area contributed by atoms with E-state index in [0.717, 1.165) is 13.1 Å². The molecular weight excluding hydrogens is 279 g/mol. The molecule has 0 spiro atoms. The van der Waals surface area contributed by atoms with Gasteiger partial charge in [-0.2, -0.15) is 0 Å². The minimum atomic E-state index is -0.116. The molecule has 0 amide bonds. The summed E-state index contributed by atoms with van der Waals surface area (Å²) in [5.74, 6) is 0. The maximum atomic E-state index is 6.57. The van der Waals surface area contributed by atoms with Gasteiger partial charge in [-0.05, 0) is 24.3 Å². The van der Waals surface area contributed by atoms with Crippen molar-refractivity contribution in [2.75, 3.05) is 22.9 Å². The third-order valence-corrected chi connectivity index (χ3v) is 3.74. The molecule has 0 N–H and O–H groups in total. The zero-order chi connectivity index (χ0) is 12.4. The lowest BCUT2D eigenvalue weighted by Gasteiger charge is -2.27. The molecule has 0 aliphatic carbocycles. The fraction of sp³-hybridized carbons (Fsp3) is 0.200. The number of anilines is 2. The Kier molecular flexibility index (Phi) is 4.56. The molecule has 2 aromatic rings. The highest BCUT2D eigenvalue weighted by molar-refractivity contribution is 6.23. The van der Waals surface area contributed by atoms with Gasteiger partial charge in [0.05, 0.1) is 0 Å². The third-order valence-electron chi connectivity index (χ3n) is 3.27. The number of alkyl halides is 1. The molecule has 2 aromatic carbocycles. The number of halogens is 2. The van der Waals surface area contributed by atoms with Gasteiger partial charge in [-0.15, -0.1) is 12.4 Å². The maximum absolute atomic E-state index is 6.57. The number of para-hydroxylation sites is 2. The molecule has 0 atom stereocenters. The fourth-order valence-electron chi connectivity index (χ4n) is 2.34. The molecule has 19 heavy (non-hydrogen) atoms. The average Bonchev–Trinajstić information content (AvgIpc) is 2.83. The topological polar surface area (TPSA) is 6.48 Å². The first-order valence-corrected chi connectivity index (χ1v) is 6.57. The fourth-order valence-corrected chi connectivity index (χ4v) is 2.76. The summed E-state index contributed by atoms with van der Waals surface area (Å²) in [6.45, 7) is 1.90. The molecule has 0 unspecified atom stereocenters. The van der Waals surface area contributed by atoms with E-state index in [1.165, 1.54) is 11.4 Å². The van der Waals surface area contributed by atoms with Crippen molar-refractivity contribution < 1.29 is 0 Å². The van der Waals surface area contributed by atoms with E-state index in [1.807, 2.05) is 36.4 Å². The van der Waals surface area contributed by atoms with E-state index in [4.69, 9.17) is 11.6 Å². The first-order valence-electron chi connectivity index (χ1n) is 6.14. The van der Waals surface area contributed by atoms with E-state index in [-0.39, 0.29) is 18.0 Å². The van der Waals surface area contributed by atoms with Crippen molar-refractivity contribution >= 4 is 35.4 Å². The van der Waals surface area contributed by atoms with Crippen molar-refractivity contribution in [3.63, 3.8) is 0 Å². The van der Waals surface area contributed by atoms with Crippen molar-refractivity contribution in [3.05, 3.63) is 60.7 Å². The molecule has 2 nitrogen and oxygen atoms in total. The molecule has 1 saturated heterocycles. The van der Waals surface area contributed by atoms with Crippen LogP contribution in [0.1, 0.15) is 0 Å². The Bertz CT molecular complexity index is 457. The second-order valence-electron chi connectivity index (χ2n) is 4.37. The zero-order valence-corrected chi connectivity index (χ0v) is 12.0. The molecule has 0 saturated carbocycles. The van der Waals surface area contributed by atoms with Crippen LogP contribution in [0.3, 0.4) is 0 Å². The van der Waals surface area contributed by atoms with Gasteiger partial charge in [-0.25, -0.2) is 0 Å². The smallest absolute Gasteiger partial charge is 0.180 e. The number of nitrogens with zero attached hydrogens (tertiary/aromatic N) is 2. The molecular formula is C15H16Cl2N2. The first-order chi connectivity index (χ1) is 8.86. The second-order valence-corrected chi connectivity index (χ2v) is 4.76. The van der Waals surface area contributed by atoms with Gasteiger partial charge in [0, 0.05) is 24.5 Å². The number of benzene rings is 2. The summed E-state index contributed by atoms with van der Waals surface area (Å²) in [4.78, 5) is 4.43. The molecule has 3 rings (SSSR count). The average molecular weight is 295 g/mol. The monoisotopic (exact) mass is 294 g/mol. The highest BCUT2D eigenvalue weighted by Crippen LogP contribution is 2.29. The molecule has 1 fully saturated rings. The summed E-state index contributed by atoms with van der Waals surface area (Å²) in [6, 6.07) is 20.6. The molecule has 0 radical (unpaired) electrons. The van der Waals surface area contributed by atoms with Crippen molar-refractivity contribution in [1.82, 2.24) is 0 Å². The zero-order valence-electron chi connectivity index (χ0n) is 10.4. The summed E-state index contributed by atoms with van der Waals surface area (Å²) in [7, 11) is 0. The van der Waals surface area contributed by atoms with E-state index in [1.54, 1.807) is 0 Å². The van der Waals surface area contributed by atoms with Crippen LogP contribution in [0.4, 0.5) is 11.4 Å². The van der Waals surface area contributed by atoms with Gasteiger partial charge < -0.3 is 9.80 Å². The number of hydrogen-bond acceptors (Lipinski definition) is 2. The van der Waals surface area contributed by atoms with E-state index in [9.17, 15) is 0 Å². The number of hydrogen-bond donors (Lipinski definition) is 0. The molecule has 0 aromatic heterocycles. The minimum Gasteiger partial charge on any atom is -0.337 e. The Hall–Kier alpha value is -1.38. The highest BCUT2D eigenvalue weighted by Gasteiger charge is 2.30. The maximum Gasteiger partial charge on any atom is 0.180 e. The molecule has 1 aliphatic rings. The highest BCUT2D eigenvalue weighted by atomic mass is 35.5. The van der Waals surface area contributed by atoms with E-state index in [0.29, 0.717) is 0 Å². The van der Waals surface area contributed by atoms with Crippen LogP contribution in [0, 0.1) is 0 Å². The first kappa shape index (κ1) is 14.0. The quantitative estimate of drug-likeness (QED) is 0.611. The van der Waals surface area contributed by atoms with Crippen molar-refractivity contribution in [1.29, 1.82) is 0 Å². The second kappa shape index (κ2) is 6.18.